The number of carbonyl (C=O) groups is 1. The summed E-state index contributed by atoms with van der Waals surface area (Å²) >= 11 is 5.77. The second-order valence-corrected chi connectivity index (χ2v) is 8.54. The Hall–Kier alpha value is -3.60. The average Bonchev–Trinajstić information content (AvgIpc) is 2.73. The first-order valence-corrected chi connectivity index (χ1v) is 10.9. The summed E-state index contributed by atoms with van der Waals surface area (Å²) in [7, 11) is -4.01. The van der Waals surface area contributed by atoms with E-state index in [1.54, 1.807) is 30.3 Å². The van der Waals surface area contributed by atoms with Gasteiger partial charge < -0.3 is 9.50 Å². The second-order valence-electron chi connectivity index (χ2n) is 6.55. The lowest BCUT2D eigenvalue weighted by Crippen LogP contribution is -2.13. The number of hydrogen-bond acceptors (Lipinski definition) is 5. The van der Waals surface area contributed by atoms with E-state index in [0.29, 0.717) is 16.3 Å². The highest BCUT2D eigenvalue weighted by Gasteiger charge is 2.16. The highest BCUT2D eigenvalue weighted by Crippen LogP contribution is 2.21. The summed E-state index contributed by atoms with van der Waals surface area (Å²) in [5, 5.41) is 12.4. The summed E-state index contributed by atoms with van der Waals surface area (Å²) in [6.45, 7) is 1.90. The molecule has 0 saturated heterocycles. The van der Waals surface area contributed by atoms with Gasteiger partial charge in [0.1, 0.15) is 22.3 Å². The maximum absolute atomic E-state index is 12.4. The second kappa shape index (κ2) is 9.47. The Kier molecular flexibility index (Phi) is 6.75. The third-order valence-electron chi connectivity index (χ3n) is 4.14. The van der Waals surface area contributed by atoms with Crippen LogP contribution in [-0.4, -0.2) is 14.3 Å². The van der Waals surface area contributed by atoms with Gasteiger partial charge in [0, 0.05) is 10.7 Å². The van der Waals surface area contributed by atoms with E-state index < -0.39 is 16.0 Å². The summed E-state index contributed by atoms with van der Waals surface area (Å²) in [5.74, 6) is -0.450. The monoisotopic (exact) mass is 452 g/mol. The molecule has 1 amide bonds. The van der Waals surface area contributed by atoms with E-state index in [0.717, 1.165) is 5.56 Å². The molecule has 31 heavy (non-hydrogen) atoms. The van der Waals surface area contributed by atoms with E-state index in [2.05, 4.69) is 5.32 Å². The molecule has 3 rings (SSSR count). The summed E-state index contributed by atoms with van der Waals surface area (Å²) in [4.78, 5) is 12.4. The van der Waals surface area contributed by atoms with Crippen molar-refractivity contribution >= 4 is 39.4 Å². The minimum absolute atomic E-state index is 0.0274. The maximum Gasteiger partial charge on any atom is 0.339 e. The molecular formula is C23H17ClN2O4S. The number of hydrogen-bond donors (Lipinski definition) is 1. The summed E-state index contributed by atoms with van der Waals surface area (Å²) in [6, 6.07) is 20.7. The predicted molar refractivity (Wildman–Crippen MR) is 119 cm³/mol. The normalized spacial score (nSPS) is 11.5. The topological polar surface area (TPSA) is 96.3 Å². The minimum Gasteiger partial charge on any atom is -0.379 e. The Bertz CT molecular complexity index is 1280. The third-order valence-corrected chi connectivity index (χ3v) is 5.65. The molecule has 8 heteroatoms. The van der Waals surface area contributed by atoms with Crippen molar-refractivity contribution in [2.75, 3.05) is 5.32 Å². The lowest BCUT2D eigenvalue weighted by Gasteiger charge is -2.08. The molecule has 0 bridgehead atoms. The molecule has 3 aromatic rings. The fourth-order valence-electron chi connectivity index (χ4n) is 2.63. The van der Waals surface area contributed by atoms with Crippen molar-refractivity contribution in [2.45, 2.75) is 11.8 Å². The molecule has 0 aromatic heterocycles. The van der Waals surface area contributed by atoms with Gasteiger partial charge in [0.05, 0.1) is 0 Å². The predicted octanol–water partition coefficient (Wildman–Crippen LogP) is 4.96. The van der Waals surface area contributed by atoms with Gasteiger partial charge in [0.15, 0.2) is 0 Å². The molecule has 0 aliphatic rings. The number of carbonyl (C=O) groups excluding carboxylic acids is 1. The largest absolute Gasteiger partial charge is 0.379 e. The zero-order valence-electron chi connectivity index (χ0n) is 16.4. The average molecular weight is 453 g/mol. The van der Waals surface area contributed by atoms with Crippen LogP contribution in [0.25, 0.3) is 6.08 Å². The lowest BCUT2D eigenvalue weighted by atomic mass is 10.1. The van der Waals surface area contributed by atoms with Crippen molar-refractivity contribution in [1.29, 1.82) is 5.26 Å². The fraction of sp³-hybridized carbons (Fsp3) is 0.0435. The molecule has 0 saturated carbocycles. The Balaban J connectivity index is 1.73. The molecule has 0 radical (unpaired) electrons. The quantitative estimate of drug-likeness (QED) is 0.324. The third kappa shape index (κ3) is 5.95. The molecule has 0 aliphatic heterocycles. The number of halogens is 1. The van der Waals surface area contributed by atoms with Gasteiger partial charge in [0.25, 0.3) is 5.91 Å². The van der Waals surface area contributed by atoms with Gasteiger partial charge in [-0.1, -0.05) is 35.9 Å². The van der Waals surface area contributed by atoms with E-state index in [1.807, 2.05) is 19.1 Å². The van der Waals surface area contributed by atoms with Crippen LogP contribution in [-0.2, 0) is 14.9 Å². The van der Waals surface area contributed by atoms with E-state index >= 15 is 0 Å². The van der Waals surface area contributed by atoms with Crippen molar-refractivity contribution in [3.05, 3.63) is 94.5 Å². The van der Waals surface area contributed by atoms with Crippen LogP contribution in [0.5, 0.6) is 5.75 Å². The van der Waals surface area contributed by atoms with Crippen LogP contribution >= 0.6 is 11.6 Å². The van der Waals surface area contributed by atoms with Crippen molar-refractivity contribution < 1.29 is 17.4 Å². The standard InChI is InChI=1S/C23H17ClN2O4S/c1-16-3-2-4-20(13-16)26-23(27)18(15-25)14-17-5-9-21(10-6-17)30-31(28,29)22-11-7-19(24)8-12-22/h2-14H,1H3,(H,26,27)/b18-14+. The van der Waals surface area contributed by atoms with Crippen molar-refractivity contribution in [2.24, 2.45) is 0 Å². The molecule has 0 heterocycles. The minimum atomic E-state index is -4.01. The van der Waals surface area contributed by atoms with E-state index in [1.165, 1.54) is 42.5 Å². The van der Waals surface area contributed by atoms with Gasteiger partial charge in [-0.3, -0.25) is 4.79 Å². The molecule has 0 atom stereocenters. The van der Waals surface area contributed by atoms with Gasteiger partial charge in [0.2, 0.25) is 0 Å². The van der Waals surface area contributed by atoms with Crippen LogP contribution in [0.15, 0.2) is 83.3 Å². The maximum atomic E-state index is 12.4. The van der Waals surface area contributed by atoms with Gasteiger partial charge in [-0.2, -0.15) is 13.7 Å². The van der Waals surface area contributed by atoms with E-state index in [-0.39, 0.29) is 16.2 Å². The Morgan fingerprint density at radius 1 is 1.06 bits per heavy atom. The van der Waals surface area contributed by atoms with Crippen LogP contribution in [0.1, 0.15) is 11.1 Å². The number of amides is 1. The Labute approximate surface area is 185 Å². The van der Waals surface area contributed by atoms with Crippen molar-refractivity contribution in [3.8, 4) is 11.8 Å². The first-order chi connectivity index (χ1) is 14.8. The first kappa shape index (κ1) is 22.1. The Morgan fingerprint density at radius 3 is 2.35 bits per heavy atom. The Morgan fingerprint density at radius 2 is 1.74 bits per heavy atom. The van der Waals surface area contributed by atoms with E-state index in [9.17, 15) is 18.5 Å². The molecule has 3 aromatic carbocycles. The number of nitrogens with zero attached hydrogens (tertiary/aromatic N) is 1. The van der Waals surface area contributed by atoms with Crippen molar-refractivity contribution in [3.63, 3.8) is 0 Å². The van der Waals surface area contributed by atoms with Crippen LogP contribution in [0, 0.1) is 18.3 Å². The van der Waals surface area contributed by atoms with Gasteiger partial charge in [-0.15, -0.1) is 0 Å². The number of rotatable bonds is 6. The van der Waals surface area contributed by atoms with Crippen LogP contribution in [0.3, 0.4) is 0 Å². The number of nitriles is 1. The SMILES string of the molecule is Cc1cccc(NC(=O)/C(C#N)=C/c2ccc(OS(=O)(=O)c3ccc(Cl)cc3)cc2)c1. The van der Waals surface area contributed by atoms with Crippen LogP contribution in [0.2, 0.25) is 5.02 Å². The fourth-order valence-corrected chi connectivity index (χ4v) is 3.69. The number of aryl methyl sites for hydroxylation is 1. The van der Waals surface area contributed by atoms with E-state index in [4.69, 9.17) is 15.8 Å². The number of benzene rings is 3. The molecule has 156 valence electrons. The summed E-state index contributed by atoms with van der Waals surface area (Å²) in [5.41, 5.74) is 2.00. The molecular weight excluding hydrogens is 436 g/mol. The smallest absolute Gasteiger partial charge is 0.339 e. The van der Waals surface area contributed by atoms with Gasteiger partial charge in [-0.25, -0.2) is 0 Å². The molecule has 0 unspecified atom stereocenters. The first-order valence-electron chi connectivity index (χ1n) is 9.07. The van der Waals surface area contributed by atoms with Crippen LogP contribution in [0.4, 0.5) is 5.69 Å². The number of anilines is 1. The van der Waals surface area contributed by atoms with Crippen molar-refractivity contribution in [1.82, 2.24) is 0 Å². The lowest BCUT2D eigenvalue weighted by molar-refractivity contribution is -0.112. The highest BCUT2D eigenvalue weighted by molar-refractivity contribution is 7.87. The highest BCUT2D eigenvalue weighted by atomic mass is 35.5. The number of nitrogens with one attached hydrogen (secondary N) is 1. The molecule has 6 nitrogen and oxygen atoms in total. The van der Waals surface area contributed by atoms with Crippen LogP contribution < -0.4 is 9.50 Å². The van der Waals surface area contributed by atoms with Gasteiger partial charge in [-0.05, 0) is 72.7 Å². The molecule has 0 fully saturated rings. The molecule has 0 spiro atoms. The zero-order chi connectivity index (χ0) is 22.4. The zero-order valence-corrected chi connectivity index (χ0v) is 17.9. The molecule has 1 N–H and O–H groups in total. The van der Waals surface area contributed by atoms with Gasteiger partial charge >= 0.3 is 10.1 Å². The summed E-state index contributed by atoms with van der Waals surface area (Å²) < 4.78 is 29.8. The molecule has 0 aliphatic carbocycles. The summed E-state index contributed by atoms with van der Waals surface area (Å²) in [6.07, 6.45) is 1.41.